The molecule has 0 bridgehead atoms. The Kier molecular flexibility index (Phi) is 4.29. The number of nitrogens with zero attached hydrogens (tertiary/aromatic N) is 2. The van der Waals surface area contributed by atoms with E-state index >= 15 is 0 Å². The van der Waals surface area contributed by atoms with Gasteiger partial charge in [-0.1, -0.05) is 19.8 Å². The predicted octanol–water partition coefficient (Wildman–Crippen LogP) is 4.34. The van der Waals surface area contributed by atoms with Crippen molar-refractivity contribution in [3.05, 3.63) is 28.2 Å². The SMILES string of the molecule is CC1CCCCC1N(C)c1ccc(C#N)cc1Br. The molecule has 0 aliphatic heterocycles. The summed E-state index contributed by atoms with van der Waals surface area (Å²) in [5.74, 6) is 0.742. The van der Waals surface area contributed by atoms with Crippen LogP contribution in [0.3, 0.4) is 0 Å². The molecule has 0 spiro atoms. The molecule has 0 saturated heterocycles. The number of benzene rings is 1. The standard InChI is InChI=1S/C15H19BrN2/c1-11-5-3-4-6-14(11)18(2)15-8-7-12(10-17)9-13(15)16/h7-9,11,14H,3-6H2,1-2H3. The van der Waals surface area contributed by atoms with E-state index in [1.54, 1.807) is 0 Å². The van der Waals surface area contributed by atoms with Gasteiger partial charge in [0, 0.05) is 17.6 Å². The quantitative estimate of drug-likeness (QED) is 0.813. The lowest BCUT2D eigenvalue weighted by Crippen LogP contribution is -2.39. The lowest BCUT2D eigenvalue weighted by atomic mass is 9.85. The fourth-order valence-electron chi connectivity index (χ4n) is 2.91. The van der Waals surface area contributed by atoms with E-state index in [4.69, 9.17) is 5.26 Å². The van der Waals surface area contributed by atoms with Gasteiger partial charge in [0.15, 0.2) is 0 Å². The first-order valence-electron chi connectivity index (χ1n) is 6.56. The fraction of sp³-hybridized carbons (Fsp3) is 0.533. The molecule has 1 aliphatic carbocycles. The summed E-state index contributed by atoms with van der Waals surface area (Å²) in [5.41, 5.74) is 1.89. The molecule has 1 saturated carbocycles. The van der Waals surface area contributed by atoms with Crippen LogP contribution in [0, 0.1) is 17.2 Å². The van der Waals surface area contributed by atoms with Gasteiger partial charge in [0.1, 0.15) is 0 Å². The average molecular weight is 307 g/mol. The molecule has 2 atom stereocenters. The minimum absolute atomic E-state index is 0.614. The molecule has 0 amide bonds. The zero-order valence-electron chi connectivity index (χ0n) is 11.0. The average Bonchev–Trinajstić information content (AvgIpc) is 2.38. The molecule has 1 aliphatic rings. The summed E-state index contributed by atoms with van der Waals surface area (Å²) in [6.07, 6.45) is 5.28. The highest BCUT2D eigenvalue weighted by atomic mass is 79.9. The third-order valence-corrected chi connectivity index (χ3v) is 4.66. The Labute approximate surface area is 118 Å². The largest absolute Gasteiger partial charge is 0.370 e. The van der Waals surface area contributed by atoms with Crippen molar-refractivity contribution < 1.29 is 0 Å². The first-order valence-corrected chi connectivity index (χ1v) is 7.35. The van der Waals surface area contributed by atoms with E-state index < -0.39 is 0 Å². The molecule has 0 radical (unpaired) electrons. The number of anilines is 1. The third-order valence-electron chi connectivity index (χ3n) is 4.02. The van der Waals surface area contributed by atoms with Crippen molar-refractivity contribution in [1.82, 2.24) is 0 Å². The summed E-state index contributed by atoms with van der Waals surface area (Å²) in [6, 6.07) is 8.63. The van der Waals surface area contributed by atoms with Crippen LogP contribution in [0.25, 0.3) is 0 Å². The highest BCUT2D eigenvalue weighted by Crippen LogP contribution is 2.34. The Hall–Kier alpha value is -1.01. The molecule has 3 heteroatoms. The molecule has 0 N–H and O–H groups in total. The minimum atomic E-state index is 0.614. The molecule has 96 valence electrons. The van der Waals surface area contributed by atoms with E-state index in [-0.39, 0.29) is 0 Å². The summed E-state index contributed by atoms with van der Waals surface area (Å²) in [5, 5.41) is 8.90. The van der Waals surface area contributed by atoms with Crippen molar-refractivity contribution in [3.8, 4) is 6.07 Å². The molecule has 1 fully saturated rings. The van der Waals surface area contributed by atoms with Crippen molar-refractivity contribution >= 4 is 21.6 Å². The van der Waals surface area contributed by atoms with Crippen molar-refractivity contribution in [3.63, 3.8) is 0 Å². The number of rotatable bonds is 2. The Morgan fingerprint density at radius 3 is 2.67 bits per heavy atom. The van der Waals surface area contributed by atoms with Crippen LogP contribution < -0.4 is 4.90 Å². The lowest BCUT2D eigenvalue weighted by molar-refractivity contribution is 0.321. The molecule has 1 aromatic carbocycles. The zero-order valence-corrected chi connectivity index (χ0v) is 12.6. The van der Waals surface area contributed by atoms with E-state index in [0.717, 1.165) is 10.4 Å². The van der Waals surface area contributed by atoms with E-state index in [2.05, 4.69) is 40.9 Å². The maximum absolute atomic E-state index is 8.90. The van der Waals surface area contributed by atoms with E-state index in [1.165, 1.54) is 31.4 Å². The maximum Gasteiger partial charge on any atom is 0.0992 e. The Balaban J connectivity index is 2.22. The first-order chi connectivity index (χ1) is 8.63. The van der Waals surface area contributed by atoms with Crippen LogP contribution >= 0.6 is 15.9 Å². The summed E-state index contributed by atoms with van der Waals surface area (Å²) in [6.45, 7) is 2.35. The van der Waals surface area contributed by atoms with Crippen LogP contribution in [-0.2, 0) is 0 Å². The van der Waals surface area contributed by atoms with E-state index in [0.29, 0.717) is 11.6 Å². The topological polar surface area (TPSA) is 27.0 Å². The second kappa shape index (κ2) is 5.75. The van der Waals surface area contributed by atoms with Crippen LogP contribution in [0.2, 0.25) is 0 Å². The van der Waals surface area contributed by atoms with Gasteiger partial charge in [-0.05, 0) is 52.9 Å². The monoisotopic (exact) mass is 306 g/mol. The van der Waals surface area contributed by atoms with Crippen LogP contribution in [0.15, 0.2) is 22.7 Å². The molecule has 2 rings (SSSR count). The third kappa shape index (κ3) is 2.70. The molecular formula is C15H19BrN2. The second-order valence-corrected chi connectivity index (χ2v) is 6.07. The van der Waals surface area contributed by atoms with Gasteiger partial charge in [0.2, 0.25) is 0 Å². The predicted molar refractivity (Wildman–Crippen MR) is 78.7 cm³/mol. The molecular weight excluding hydrogens is 288 g/mol. The van der Waals surface area contributed by atoms with Crippen LogP contribution in [0.5, 0.6) is 0 Å². The summed E-state index contributed by atoms with van der Waals surface area (Å²) >= 11 is 3.58. The normalized spacial score (nSPS) is 23.4. The van der Waals surface area contributed by atoms with Crippen molar-refractivity contribution in [2.45, 2.75) is 38.6 Å². The van der Waals surface area contributed by atoms with Gasteiger partial charge < -0.3 is 4.90 Å². The summed E-state index contributed by atoms with van der Waals surface area (Å²) in [7, 11) is 2.17. The minimum Gasteiger partial charge on any atom is -0.370 e. The molecule has 0 aromatic heterocycles. The van der Waals surface area contributed by atoms with Crippen molar-refractivity contribution in [2.75, 3.05) is 11.9 Å². The number of hydrogen-bond donors (Lipinski definition) is 0. The molecule has 1 aromatic rings. The molecule has 2 nitrogen and oxygen atoms in total. The number of halogens is 1. The zero-order chi connectivity index (χ0) is 13.1. The molecule has 2 unspecified atom stereocenters. The number of nitriles is 1. The van der Waals surface area contributed by atoms with E-state index in [9.17, 15) is 0 Å². The second-order valence-electron chi connectivity index (χ2n) is 5.22. The Morgan fingerprint density at radius 2 is 2.06 bits per heavy atom. The van der Waals surface area contributed by atoms with Gasteiger partial charge in [-0.3, -0.25) is 0 Å². The van der Waals surface area contributed by atoms with Crippen molar-refractivity contribution in [2.24, 2.45) is 5.92 Å². The summed E-state index contributed by atoms with van der Waals surface area (Å²) < 4.78 is 1.02. The highest BCUT2D eigenvalue weighted by Gasteiger charge is 2.25. The van der Waals surface area contributed by atoms with Crippen molar-refractivity contribution in [1.29, 1.82) is 5.26 Å². The van der Waals surface area contributed by atoms with Gasteiger partial charge in [0.05, 0.1) is 17.3 Å². The highest BCUT2D eigenvalue weighted by molar-refractivity contribution is 9.10. The van der Waals surface area contributed by atoms with Gasteiger partial charge in [-0.2, -0.15) is 5.26 Å². The van der Waals surface area contributed by atoms with Gasteiger partial charge >= 0.3 is 0 Å². The van der Waals surface area contributed by atoms with Gasteiger partial charge in [-0.25, -0.2) is 0 Å². The number of hydrogen-bond acceptors (Lipinski definition) is 2. The van der Waals surface area contributed by atoms with Crippen LogP contribution in [0.4, 0.5) is 5.69 Å². The lowest BCUT2D eigenvalue weighted by Gasteiger charge is -2.38. The maximum atomic E-state index is 8.90. The summed E-state index contributed by atoms with van der Waals surface area (Å²) in [4.78, 5) is 2.37. The first kappa shape index (κ1) is 13.4. The smallest absolute Gasteiger partial charge is 0.0992 e. The van der Waals surface area contributed by atoms with Gasteiger partial charge in [-0.15, -0.1) is 0 Å². The molecule has 0 heterocycles. The Morgan fingerprint density at radius 1 is 1.33 bits per heavy atom. The van der Waals surface area contributed by atoms with Gasteiger partial charge in [0.25, 0.3) is 0 Å². The van der Waals surface area contributed by atoms with Crippen LogP contribution in [0.1, 0.15) is 38.2 Å². The van der Waals surface area contributed by atoms with E-state index in [1.807, 2.05) is 18.2 Å². The molecule has 18 heavy (non-hydrogen) atoms. The fourth-order valence-corrected chi connectivity index (χ4v) is 3.57. The van der Waals surface area contributed by atoms with Crippen LogP contribution in [-0.4, -0.2) is 13.1 Å². The Bertz CT molecular complexity index is 464.